The molecular formula is C18H20ClN5O2S. The van der Waals surface area contributed by atoms with Gasteiger partial charge in [-0.15, -0.1) is 11.3 Å². The summed E-state index contributed by atoms with van der Waals surface area (Å²) in [6.45, 7) is 5.66. The lowest BCUT2D eigenvalue weighted by atomic mass is 9.89. The molecule has 3 aromatic heterocycles. The van der Waals surface area contributed by atoms with Crippen LogP contribution in [0.5, 0.6) is 0 Å². The summed E-state index contributed by atoms with van der Waals surface area (Å²) in [5.41, 5.74) is 4.26. The molecule has 1 atom stereocenters. The van der Waals surface area contributed by atoms with Crippen molar-refractivity contribution in [3.63, 3.8) is 0 Å². The maximum Gasteiger partial charge on any atom is 0.290 e. The standard InChI is InChI=1S/C18H20ClN5O2S/c1-8-5-6-11-12(7-8)27-17-13(11)18(26)24(10(3)20-17)22-16(25)15-14(19)9(2)21-23(15)4/h8H,5-7H2,1-4H3,(H,22,25)/t8-/m1/s1. The van der Waals surface area contributed by atoms with Gasteiger partial charge in [0.15, 0.2) is 0 Å². The van der Waals surface area contributed by atoms with Gasteiger partial charge in [0.1, 0.15) is 16.3 Å². The Hall–Kier alpha value is -2.19. The topological polar surface area (TPSA) is 81.8 Å². The zero-order valence-electron chi connectivity index (χ0n) is 15.6. The molecule has 0 saturated heterocycles. The van der Waals surface area contributed by atoms with E-state index in [1.54, 1.807) is 32.2 Å². The van der Waals surface area contributed by atoms with Gasteiger partial charge in [0, 0.05) is 11.9 Å². The van der Waals surface area contributed by atoms with Crippen molar-refractivity contribution >= 4 is 39.1 Å². The Labute approximate surface area is 164 Å². The summed E-state index contributed by atoms with van der Waals surface area (Å²) in [6.07, 6.45) is 2.91. The number of nitrogens with zero attached hydrogens (tertiary/aromatic N) is 4. The summed E-state index contributed by atoms with van der Waals surface area (Å²) in [6, 6.07) is 0. The molecule has 0 aliphatic heterocycles. The van der Waals surface area contributed by atoms with Gasteiger partial charge in [-0.05, 0) is 44.6 Å². The number of aryl methyl sites for hydroxylation is 4. The Morgan fingerprint density at radius 1 is 1.37 bits per heavy atom. The van der Waals surface area contributed by atoms with Gasteiger partial charge in [-0.2, -0.15) is 5.10 Å². The third-order valence-corrected chi connectivity index (χ3v) is 6.68. The van der Waals surface area contributed by atoms with Crippen LogP contribution in [0.15, 0.2) is 4.79 Å². The third-order valence-electron chi connectivity index (χ3n) is 5.07. The Balaban J connectivity index is 1.80. The molecule has 1 N–H and O–H groups in total. The van der Waals surface area contributed by atoms with Crippen molar-refractivity contribution in [3.05, 3.63) is 43.0 Å². The number of hydrogen-bond donors (Lipinski definition) is 1. The van der Waals surface area contributed by atoms with Gasteiger partial charge in [-0.25, -0.2) is 9.66 Å². The summed E-state index contributed by atoms with van der Waals surface area (Å²) in [5, 5.41) is 5.05. The Bertz CT molecular complexity index is 1140. The second kappa shape index (κ2) is 6.45. The quantitative estimate of drug-likeness (QED) is 0.710. The van der Waals surface area contributed by atoms with Gasteiger partial charge >= 0.3 is 0 Å². The molecule has 142 valence electrons. The van der Waals surface area contributed by atoms with Crippen LogP contribution < -0.4 is 11.0 Å². The lowest BCUT2D eigenvalue weighted by Crippen LogP contribution is -2.36. The molecule has 0 spiro atoms. The smallest absolute Gasteiger partial charge is 0.267 e. The normalized spacial score (nSPS) is 16.6. The monoisotopic (exact) mass is 405 g/mol. The van der Waals surface area contributed by atoms with Gasteiger partial charge < -0.3 is 0 Å². The molecule has 7 nitrogen and oxygen atoms in total. The Morgan fingerprint density at radius 3 is 2.78 bits per heavy atom. The van der Waals surface area contributed by atoms with E-state index in [4.69, 9.17) is 11.6 Å². The highest BCUT2D eigenvalue weighted by molar-refractivity contribution is 7.18. The van der Waals surface area contributed by atoms with Crippen molar-refractivity contribution in [1.82, 2.24) is 19.4 Å². The predicted molar refractivity (Wildman–Crippen MR) is 106 cm³/mol. The van der Waals surface area contributed by atoms with E-state index in [1.165, 1.54) is 14.2 Å². The van der Waals surface area contributed by atoms with Crippen LogP contribution in [-0.4, -0.2) is 25.3 Å². The zero-order valence-corrected chi connectivity index (χ0v) is 17.2. The molecule has 3 aromatic rings. The van der Waals surface area contributed by atoms with Gasteiger partial charge in [-0.3, -0.25) is 19.7 Å². The minimum Gasteiger partial charge on any atom is -0.267 e. The van der Waals surface area contributed by atoms with Crippen molar-refractivity contribution in [2.75, 3.05) is 5.43 Å². The minimum absolute atomic E-state index is 0.210. The fraction of sp³-hybridized carbons (Fsp3) is 0.444. The SMILES string of the molecule is Cc1nn(C)c(C(=O)Nn2c(C)nc3sc4c(c3c2=O)CC[C@@H](C)C4)c1Cl. The van der Waals surface area contributed by atoms with E-state index in [9.17, 15) is 9.59 Å². The largest absolute Gasteiger partial charge is 0.290 e. The van der Waals surface area contributed by atoms with Crippen LogP contribution in [0.25, 0.3) is 10.2 Å². The number of rotatable bonds is 2. The van der Waals surface area contributed by atoms with E-state index >= 15 is 0 Å². The minimum atomic E-state index is -0.493. The number of aromatic nitrogens is 4. The summed E-state index contributed by atoms with van der Waals surface area (Å²) < 4.78 is 2.63. The van der Waals surface area contributed by atoms with Crippen LogP contribution in [0.4, 0.5) is 0 Å². The Kier molecular flexibility index (Phi) is 4.35. The van der Waals surface area contributed by atoms with Crippen LogP contribution in [0.1, 0.15) is 45.8 Å². The number of halogens is 1. The maximum absolute atomic E-state index is 13.2. The Morgan fingerprint density at radius 2 is 2.11 bits per heavy atom. The first-order chi connectivity index (χ1) is 12.8. The highest BCUT2D eigenvalue weighted by Gasteiger charge is 2.25. The van der Waals surface area contributed by atoms with Gasteiger partial charge in [0.05, 0.1) is 16.1 Å². The molecule has 0 fully saturated rings. The molecule has 1 amide bonds. The van der Waals surface area contributed by atoms with Crippen molar-refractivity contribution in [2.24, 2.45) is 13.0 Å². The first-order valence-electron chi connectivity index (χ1n) is 8.82. The van der Waals surface area contributed by atoms with Crippen molar-refractivity contribution in [3.8, 4) is 0 Å². The molecule has 0 radical (unpaired) electrons. The van der Waals surface area contributed by atoms with E-state index in [0.717, 1.165) is 29.7 Å². The van der Waals surface area contributed by atoms with E-state index in [0.29, 0.717) is 22.8 Å². The van der Waals surface area contributed by atoms with Crippen LogP contribution in [0.3, 0.4) is 0 Å². The number of hydrogen-bond acceptors (Lipinski definition) is 5. The molecule has 4 rings (SSSR count). The molecule has 3 heterocycles. The first kappa shape index (κ1) is 18.2. The van der Waals surface area contributed by atoms with E-state index in [2.05, 4.69) is 22.4 Å². The van der Waals surface area contributed by atoms with E-state index in [1.807, 2.05) is 0 Å². The fourth-order valence-electron chi connectivity index (χ4n) is 3.66. The number of nitrogens with one attached hydrogen (secondary N) is 1. The summed E-state index contributed by atoms with van der Waals surface area (Å²) in [4.78, 5) is 32.5. The van der Waals surface area contributed by atoms with Crippen molar-refractivity contribution in [2.45, 2.75) is 40.0 Å². The third kappa shape index (κ3) is 2.87. The van der Waals surface area contributed by atoms with E-state index < -0.39 is 5.91 Å². The summed E-state index contributed by atoms with van der Waals surface area (Å²) >= 11 is 7.79. The van der Waals surface area contributed by atoms with Crippen LogP contribution >= 0.6 is 22.9 Å². The second-order valence-electron chi connectivity index (χ2n) is 7.14. The molecule has 0 bridgehead atoms. The number of fused-ring (bicyclic) bond motifs is 3. The molecular weight excluding hydrogens is 386 g/mol. The molecule has 0 unspecified atom stereocenters. The van der Waals surface area contributed by atoms with Crippen molar-refractivity contribution in [1.29, 1.82) is 0 Å². The zero-order chi connectivity index (χ0) is 19.5. The number of carbonyl (C=O) groups is 1. The van der Waals surface area contributed by atoms with Gasteiger partial charge in [-0.1, -0.05) is 18.5 Å². The average molecular weight is 406 g/mol. The second-order valence-corrected chi connectivity index (χ2v) is 8.61. The highest BCUT2D eigenvalue weighted by Crippen LogP contribution is 2.35. The van der Waals surface area contributed by atoms with Crippen LogP contribution in [0, 0.1) is 19.8 Å². The van der Waals surface area contributed by atoms with Crippen molar-refractivity contribution < 1.29 is 4.79 Å². The number of thiophene rings is 1. The molecule has 9 heteroatoms. The summed E-state index contributed by atoms with van der Waals surface area (Å²) in [7, 11) is 1.64. The molecule has 0 aromatic carbocycles. The van der Waals surface area contributed by atoms with Crippen LogP contribution in [-0.2, 0) is 19.9 Å². The molecule has 1 aliphatic carbocycles. The van der Waals surface area contributed by atoms with Gasteiger partial charge in [0.2, 0.25) is 0 Å². The molecule has 1 aliphatic rings. The molecule has 0 saturated carbocycles. The maximum atomic E-state index is 13.2. The average Bonchev–Trinajstić information content (AvgIpc) is 3.07. The number of carbonyl (C=O) groups excluding carboxylic acids is 1. The lowest BCUT2D eigenvalue weighted by Gasteiger charge is -2.17. The van der Waals surface area contributed by atoms with Gasteiger partial charge in [0.25, 0.3) is 11.5 Å². The molecule has 27 heavy (non-hydrogen) atoms. The fourth-order valence-corrected chi connectivity index (χ4v) is 5.32. The first-order valence-corrected chi connectivity index (χ1v) is 10.0. The van der Waals surface area contributed by atoms with E-state index in [-0.39, 0.29) is 16.3 Å². The number of amides is 1. The lowest BCUT2D eigenvalue weighted by molar-refractivity contribution is 0.0997. The van der Waals surface area contributed by atoms with Crippen LogP contribution in [0.2, 0.25) is 5.02 Å². The highest BCUT2D eigenvalue weighted by atomic mass is 35.5. The predicted octanol–water partition coefficient (Wildman–Crippen LogP) is 2.97. The summed E-state index contributed by atoms with van der Waals surface area (Å²) in [5.74, 6) is 0.554.